The van der Waals surface area contributed by atoms with Crippen LogP contribution in [-0.4, -0.2) is 23.2 Å². The van der Waals surface area contributed by atoms with Gasteiger partial charge in [0.25, 0.3) is 0 Å². The molecule has 0 aromatic heterocycles. The normalized spacial score (nSPS) is 12.8. The van der Waals surface area contributed by atoms with Crippen molar-refractivity contribution in [3.8, 4) is 0 Å². The van der Waals surface area contributed by atoms with E-state index in [4.69, 9.17) is 5.11 Å². The van der Waals surface area contributed by atoms with Crippen molar-refractivity contribution in [2.75, 3.05) is 18.1 Å². The van der Waals surface area contributed by atoms with Crippen molar-refractivity contribution in [2.45, 2.75) is 78.1 Å². The van der Waals surface area contributed by atoms with E-state index in [9.17, 15) is 0 Å². The fraction of sp³-hybridized carbons (Fsp3) is 1.00. The molecule has 0 radical (unpaired) electrons. The van der Waals surface area contributed by atoms with Gasteiger partial charge in [-0.05, 0) is 23.8 Å². The molecule has 0 spiro atoms. The lowest BCUT2D eigenvalue weighted by atomic mass is 10.1. The zero-order chi connectivity index (χ0) is 13.5. The van der Waals surface area contributed by atoms with Crippen LogP contribution in [0.5, 0.6) is 0 Å². The second kappa shape index (κ2) is 15.4. The van der Waals surface area contributed by atoms with E-state index < -0.39 is 0 Å². The van der Waals surface area contributed by atoms with Crippen molar-refractivity contribution in [3.05, 3.63) is 0 Å². The molecule has 0 aliphatic heterocycles. The largest absolute Gasteiger partial charge is 0.396 e. The zero-order valence-electron chi connectivity index (χ0n) is 12.6. The van der Waals surface area contributed by atoms with E-state index >= 15 is 0 Å². The summed E-state index contributed by atoms with van der Waals surface area (Å²) in [4.78, 5) is 0. The number of thioether (sulfide) groups is 1. The van der Waals surface area contributed by atoms with Crippen molar-refractivity contribution >= 4 is 11.8 Å². The van der Waals surface area contributed by atoms with Gasteiger partial charge in [0, 0.05) is 6.61 Å². The maximum atomic E-state index is 8.90. The highest BCUT2D eigenvalue weighted by molar-refractivity contribution is 7.99. The van der Waals surface area contributed by atoms with Crippen LogP contribution >= 0.6 is 11.8 Å². The van der Waals surface area contributed by atoms with E-state index in [2.05, 4.69) is 13.8 Å². The second-order valence-corrected chi connectivity index (χ2v) is 6.69. The molecule has 0 aliphatic carbocycles. The predicted molar refractivity (Wildman–Crippen MR) is 85.4 cm³/mol. The van der Waals surface area contributed by atoms with Gasteiger partial charge in [0.05, 0.1) is 0 Å². The van der Waals surface area contributed by atoms with Crippen molar-refractivity contribution < 1.29 is 5.11 Å². The quantitative estimate of drug-likeness (QED) is 0.435. The van der Waals surface area contributed by atoms with Crippen LogP contribution in [0.1, 0.15) is 78.1 Å². The van der Waals surface area contributed by atoms with Crippen molar-refractivity contribution in [2.24, 2.45) is 5.92 Å². The molecule has 1 N–H and O–H groups in total. The molecule has 0 aromatic rings. The highest BCUT2D eigenvalue weighted by atomic mass is 32.2. The van der Waals surface area contributed by atoms with E-state index in [1.807, 2.05) is 11.8 Å². The molecular weight excluding hydrogens is 240 g/mol. The highest BCUT2D eigenvalue weighted by Gasteiger charge is 1.99. The third kappa shape index (κ3) is 14.4. The Morgan fingerprint density at radius 1 is 0.833 bits per heavy atom. The Morgan fingerprint density at radius 3 is 1.83 bits per heavy atom. The smallest absolute Gasteiger partial charge is 0.0464 e. The second-order valence-electron chi connectivity index (χ2n) is 5.54. The average molecular weight is 275 g/mol. The van der Waals surface area contributed by atoms with E-state index in [1.54, 1.807) is 0 Å². The lowest BCUT2D eigenvalue weighted by molar-refractivity contribution is 0.250. The molecule has 0 aromatic carbocycles. The van der Waals surface area contributed by atoms with E-state index in [-0.39, 0.29) is 0 Å². The third-order valence-electron chi connectivity index (χ3n) is 3.36. The van der Waals surface area contributed by atoms with E-state index in [0.717, 1.165) is 5.75 Å². The first-order valence-corrected chi connectivity index (χ1v) is 9.15. The highest BCUT2D eigenvalue weighted by Crippen LogP contribution is 2.13. The van der Waals surface area contributed by atoms with Crippen LogP contribution in [0.4, 0.5) is 0 Å². The zero-order valence-corrected chi connectivity index (χ0v) is 13.4. The fourth-order valence-electron chi connectivity index (χ4n) is 2.03. The van der Waals surface area contributed by atoms with Crippen LogP contribution in [0.25, 0.3) is 0 Å². The molecule has 0 saturated heterocycles. The van der Waals surface area contributed by atoms with Gasteiger partial charge in [-0.1, -0.05) is 71.6 Å². The van der Waals surface area contributed by atoms with Crippen LogP contribution < -0.4 is 0 Å². The number of aliphatic hydroxyl groups is 1. The molecule has 0 aliphatic rings. The van der Waals surface area contributed by atoms with Crippen molar-refractivity contribution in [1.82, 2.24) is 0 Å². The fourth-order valence-corrected chi connectivity index (χ4v) is 3.11. The maximum absolute atomic E-state index is 8.90. The first-order chi connectivity index (χ1) is 8.81. The third-order valence-corrected chi connectivity index (χ3v) is 4.74. The molecule has 110 valence electrons. The van der Waals surface area contributed by atoms with Gasteiger partial charge < -0.3 is 5.11 Å². The molecule has 0 bridgehead atoms. The lowest BCUT2D eigenvalue weighted by Gasteiger charge is -2.06. The van der Waals surface area contributed by atoms with Gasteiger partial charge in [-0.15, -0.1) is 0 Å². The van der Waals surface area contributed by atoms with E-state index in [0.29, 0.717) is 12.5 Å². The lowest BCUT2D eigenvalue weighted by Crippen LogP contribution is -2.03. The van der Waals surface area contributed by atoms with Crippen LogP contribution in [0, 0.1) is 5.92 Å². The summed E-state index contributed by atoms with van der Waals surface area (Å²) in [6.07, 6.45) is 14.2. The molecule has 0 rings (SSSR count). The van der Waals surface area contributed by atoms with Gasteiger partial charge in [-0.3, -0.25) is 0 Å². The van der Waals surface area contributed by atoms with Crippen molar-refractivity contribution in [3.63, 3.8) is 0 Å². The summed E-state index contributed by atoms with van der Waals surface area (Å²) in [5.41, 5.74) is 0. The number of hydrogen-bond acceptors (Lipinski definition) is 2. The maximum Gasteiger partial charge on any atom is 0.0464 e. The SMILES string of the molecule is CCCCCCCCCCCCSCC(C)CO. The summed E-state index contributed by atoms with van der Waals surface area (Å²) >= 11 is 2.00. The monoisotopic (exact) mass is 274 g/mol. The number of hydrogen-bond donors (Lipinski definition) is 1. The number of aliphatic hydroxyl groups excluding tert-OH is 1. The first-order valence-electron chi connectivity index (χ1n) is 7.99. The Morgan fingerprint density at radius 2 is 1.33 bits per heavy atom. The predicted octanol–water partition coefficient (Wildman–Crippen LogP) is 5.27. The molecule has 2 heteroatoms. The van der Waals surface area contributed by atoms with Gasteiger partial charge in [-0.2, -0.15) is 11.8 Å². The summed E-state index contributed by atoms with van der Waals surface area (Å²) in [6, 6.07) is 0. The molecule has 18 heavy (non-hydrogen) atoms. The topological polar surface area (TPSA) is 20.2 Å². The van der Waals surface area contributed by atoms with Crippen LogP contribution in [-0.2, 0) is 0 Å². The van der Waals surface area contributed by atoms with Gasteiger partial charge in [0.15, 0.2) is 0 Å². The first kappa shape index (κ1) is 18.3. The number of unbranched alkanes of at least 4 members (excludes halogenated alkanes) is 9. The van der Waals surface area contributed by atoms with Gasteiger partial charge in [0.2, 0.25) is 0 Å². The molecule has 0 fully saturated rings. The van der Waals surface area contributed by atoms with Gasteiger partial charge in [0.1, 0.15) is 0 Å². The molecular formula is C16H34OS. The van der Waals surface area contributed by atoms with E-state index in [1.165, 1.54) is 70.0 Å². The Kier molecular flexibility index (Phi) is 15.6. The molecule has 0 saturated carbocycles. The Hall–Kier alpha value is 0.310. The summed E-state index contributed by atoms with van der Waals surface area (Å²) in [5, 5.41) is 8.90. The summed E-state index contributed by atoms with van der Waals surface area (Å²) in [5.74, 6) is 2.87. The molecule has 0 heterocycles. The van der Waals surface area contributed by atoms with Gasteiger partial charge >= 0.3 is 0 Å². The molecule has 0 amide bonds. The Bertz CT molecular complexity index is 150. The average Bonchev–Trinajstić information content (AvgIpc) is 2.39. The summed E-state index contributed by atoms with van der Waals surface area (Å²) < 4.78 is 0. The van der Waals surface area contributed by atoms with Crippen LogP contribution in [0.3, 0.4) is 0 Å². The number of rotatable bonds is 14. The minimum absolute atomic E-state index is 0.338. The standard InChI is InChI=1S/C16H34OS/c1-3-4-5-6-7-8-9-10-11-12-13-18-15-16(2)14-17/h16-17H,3-15H2,1-2H3. The Labute approximate surface area is 119 Å². The minimum atomic E-state index is 0.338. The van der Waals surface area contributed by atoms with Crippen molar-refractivity contribution in [1.29, 1.82) is 0 Å². The van der Waals surface area contributed by atoms with Gasteiger partial charge in [-0.25, -0.2) is 0 Å². The molecule has 1 unspecified atom stereocenters. The summed E-state index contributed by atoms with van der Waals surface area (Å²) in [6.45, 7) is 4.73. The molecule has 1 nitrogen and oxygen atoms in total. The minimum Gasteiger partial charge on any atom is -0.396 e. The van der Waals surface area contributed by atoms with Crippen LogP contribution in [0.2, 0.25) is 0 Å². The summed E-state index contributed by atoms with van der Waals surface area (Å²) in [7, 11) is 0. The van der Waals surface area contributed by atoms with Crippen LogP contribution in [0.15, 0.2) is 0 Å². The Balaban J connectivity index is 2.94. The molecule has 1 atom stereocenters.